The van der Waals surface area contributed by atoms with E-state index in [9.17, 15) is 0 Å². The van der Waals surface area contributed by atoms with Crippen LogP contribution in [0.25, 0.3) is 44.1 Å². The highest BCUT2D eigenvalue weighted by atomic mass is 35.5. The molecule has 0 unspecified atom stereocenters. The number of fused-ring (bicyclic) bond motifs is 3. The zero-order valence-electron chi connectivity index (χ0n) is 14.3. The maximum atomic E-state index is 6.58. The van der Waals surface area contributed by atoms with Crippen LogP contribution in [-0.4, -0.2) is 4.98 Å². The summed E-state index contributed by atoms with van der Waals surface area (Å²) in [5, 5.41) is 3.74. The molecule has 1 aromatic heterocycles. The van der Waals surface area contributed by atoms with Crippen LogP contribution in [-0.2, 0) is 0 Å². The predicted octanol–water partition coefficient (Wildman–Crippen LogP) is 7.96. The summed E-state index contributed by atoms with van der Waals surface area (Å²) in [7, 11) is 0. The van der Waals surface area contributed by atoms with Crippen LogP contribution in [0.5, 0.6) is 0 Å². The van der Waals surface area contributed by atoms with Crippen LogP contribution < -0.4 is 0 Å². The number of rotatable bonds is 2. The van der Waals surface area contributed by atoms with E-state index in [0.29, 0.717) is 0 Å². The largest absolute Gasteiger partial charge is 0.354 e. The fourth-order valence-corrected chi connectivity index (χ4v) is 4.17. The van der Waals surface area contributed by atoms with Gasteiger partial charge in [0, 0.05) is 32.9 Å². The molecule has 0 amide bonds. The molecule has 0 saturated carbocycles. The lowest BCUT2D eigenvalue weighted by Gasteiger charge is -2.07. The fourth-order valence-electron chi connectivity index (χ4n) is 3.62. The average Bonchev–Trinajstić information content (AvgIpc) is 3.03. The molecule has 5 rings (SSSR count). The zero-order valence-corrected chi connectivity index (χ0v) is 15.9. The molecule has 0 fully saturated rings. The monoisotopic (exact) mass is 387 g/mol. The highest BCUT2D eigenvalue weighted by Gasteiger charge is 2.13. The molecule has 1 heterocycles. The van der Waals surface area contributed by atoms with Gasteiger partial charge in [0.05, 0.1) is 10.0 Å². The third-order valence-electron chi connectivity index (χ3n) is 4.94. The predicted molar refractivity (Wildman–Crippen MR) is 117 cm³/mol. The van der Waals surface area contributed by atoms with Crippen LogP contribution in [0.2, 0.25) is 10.0 Å². The second-order valence-electron chi connectivity index (χ2n) is 6.61. The molecule has 1 N–H and O–H groups in total. The van der Waals surface area contributed by atoms with Crippen molar-refractivity contribution in [3.8, 4) is 22.3 Å². The van der Waals surface area contributed by atoms with Gasteiger partial charge in [0.25, 0.3) is 0 Å². The summed E-state index contributed by atoms with van der Waals surface area (Å²) in [6.45, 7) is 0. The van der Waals surface area contributed by atoms with Gasteiger partial charge < -0.3 is 4.98 Å². The molecule has 0 aliphatic heterocycles. The Bertz CT molecular complexity index is 1170. The van der Waals surface area contributed by atoms with E-state index >= 15 is 0 Å². The molecule has 0 atom stereocenters. The van der Waals surface area contributed by atoms with Gasteiger partial charge >= 0.3 is 0 Å². The van der Waals surface area contributed by atoms with Gasteiger partial charge in [-0.2, -0.15) is 0 Å². The molecule has 0 bridgehead atoms. The van der Waals surface area contributed by atoms with Gasteiger partial charge in [-0.3, -0.25) is 0 Å². The van der Waals surface area contributed by atoms with E-state index < -0.39 is 0 Å². The Morgan fingerprint density at radius 3 is 1.33 bits per heavy atom. The molecule has 0 aliphatic carbocycles. The number of aromatic amines is 1. The first-order valence-electron chi connectivity index (χ1n) is 8.76. The summed E-state index contributed by atoms with van der Waals surface area (Å²) in [4.78, 5) is 3.45. The van der Waals surface area contributed by atoms with Crippen LogP contribution in [0.3, 0.4) is 0 Å². The van der Waals surface area contributed by atoms with Crippen LogP contribution >= 0.6 is 23.2 Å². The molecule has 130 valence electrons. The fraction of sp³-hybridized carbons (Fsp3) is 0. The van der Waals surface area contributed by atoms with Crippen LogP contribution in [0.4, 0.5) is 0 Å². The Morgan fingerprint density at radius 2 is 0.926 bits per heavy atom. The van der Waals surface area contributed by atoms with Crippen molar-refractivity contribution in [3.05, 3.63) is 95.0 Å². The van der Waals surface area contributed by atoms with Gasteiger partial charge in [-0.05, 0) is 35.4 Å². The molecule has 3 heteroatoms. The van der Waals surface area contributed by atoms with Gasteiger partial charge in [0.2, 0.25) is 0 Å². The summed E-state index contributed by atoms with van der Waals surface area (Å²) in [5.74, 6) is 0. The van der Waals surface area contributed by atoms with E-state index in [2.05, 4.69) is 41.4 Å². The Labute approximate surface area is 167 Å². The summed E-state index contributed by atoms with van der Waals surface area (Å²) in [6, 6.07) is 28.7. The maximum absolute atomic E-state index is 6.58. The van der Waals surface area contributed by atoms with Crippen molar-refractivity contribution in [2.45, 2.75) is 0 Å². The van der Waals surface area contributed by atoms with E-state index in [4.69, 9.17) is 23.2 Å². The lowest BCUT2D eigenvalue weighted by Crippen LogP contribution is -1.81. The normalized spacial score (nSPS) is 11.3. The van der Waals surface area contributed by atoms with Crippen LogP contribution in [0, 0.1) is 0 Å². The van der Waals surface area contributed by atoms with Crippen molar-refractivity contribution in [2.24, 2.45) is 0 Å². The molecule has 27 heavy (non-hydrogen) atoms. The van der Waals surface area contributed by atoms with Crippen molar-refractivity contribution >= 4 is 45.0 Å². The van der Waals surface area contributed by atoms with E-state index in [0.717, 1.165) is 54.1 Å². The smallest absolute Gasteiger partial charge is 0.0505 e. The van der Waals surface area contributed by atoms with E-state index in [1.54, 1.807) is 0 Å². The molecule has 0 radical (unpaired) electrons. The van der Waals surface area contributed by atoms with Gasteiger partial charge in [-0.25, -0.2) is 0 Å². The Kier molecular flexibility index (Phi) is 3.93. The Hall–Kier alpha value is -2.74. The Morgan fingerprint density at radius 1 is 0.519 bits per heavy atom. The summed E-state index contributed by atoms with van der Waals surface area (Å²) < 4.78 is 0. The topological polar surface area (TPSA) is 15.8 Å². The Balaban J connectivity index is 1.80. The highest BCUT2D eigenvalue weighted by molar-refractivity contribution is 6.36. The second-order valence-corrected chi connectivity index (χ2v) is 7.43. The lowest BCUT2D eigenvalue weighted by molar-refractivity contribution is 1.54. The summed E-state index contributed by atoms with van der Waals surface area (Å²) >= 11 is 13.2. The summed E-state index contributed by atoms with van der Waals surface area (Å²) in [6.07, 6.45) is 0. The number of nitrogens with one attached hydrogen (secondary N) is 1. The second kappa shape index (κ2) is 6.45. The minimum Gasteiger partial charge on any atom is -0.354 e. The number of benzene rings is 4. The van der Waals surface area contributed by atoms with Crippen molar-refractivity contribution in [2.75, 3.05) is 0 Å². The van der Waals surface area contributed by atoms with Gasteiger partial charge in [0.15, 0.2) is 0 Å². The summed E-state index contributed by atoms with van der Waals surface area (Å²) in [5.41, 5.74) is 6.29. The minimum atomic E-state index is 0.731. The number of hydrogen-bond acceptors (Lipinski definition) is 0. The molecular formula is C24H15Cl2N. The van der Waals surface area contributed by atoms with Crippen molar-refractivity contribution in [1.82, 2.24) is 4.98 Å². The molecule has 0 spiro atoms. The van der Waals surface area contributed by atoms with Crippen LogP contribution in [0.1, 0.15) is 0 Å². The molecule has 5 aromatic rings. The molecule has 0 saturated heterocycles. The molecular weight excluding hydrogens is 373 g/mol. The third kappa shape index (κ3) is 2.80. The lowest BCUT2D eigenvalue weighted by atomic mass is 10.00. The maximum Gasteiger partial charge on any atom is 0.0505 e. The van der Waals surface area contributed by atoms with E-state index in [-0.39, 0.29) is 0 Å². The SMILES string of the molecule is Clc1cc2[nH]c3cc(Cl)c(-c4ccccc4)cc3c2cc1-c1ccccc1. The minimum absolute atomic E-state index is 0.731. The number of H-pyrrole nitrogens is 1. The molecule has 4 aromatic carbocycles. The van der Waals surface area contributed by atoms with Gasteiger partial charge in [0.1, 0.15) is 0 Å². The first-order chi connectivity index (χ1) is 13.2. The van der Waals surface area contributed by atoms with Gasteiger partial charge in [-0.1, -0.05) is 83.9 Å². The zero-order chi connectivity index (χ0) is 18.4. The standard InChI is InChI=1S/C24H15Cl2N/c25-21-13-23-19(11-17(21)15-7-3-1-4-8-15)20-12-18(16-9-5-2-6-10-16)22(26)14-24(20)27-23/h1-14,27H. The quantitative estimate of drug-likeness (QED) is 0.316. The average molecular weight is 388 g/mol. The van der Waals surface area contributed by atoms with Gasteiger partial charge in [-0.15, -0.1) is 0 Å². The highest BCUT2D eigenvalue weighted by Crippen LogP contribution is 2.39. The van der Waals surface area contributed by atoms with E-state index in [1.165, 1.54) is 0 Å². The molecule has 1 nitrogen and oxygen atoms in total. The van der Waals surface area contributed by atoms with Crippen molar-refractivity contribution in [3.63, 3.8) is 0 Å². The first kappa shape index (κ1) is 16.4. The first-order valence-corrected chi connectivity index (χ1v) is 9.51. The number of halogens is 2. The molecule has 0 aliphatic rings. The van der Waals surface area contributed by atoms with Crippen LogP contribution in [0.15, 0.2) is 84.9 Å². The third-order valence-corrected chi connectivity index (χ3v) is 5.57. The number of hydrogen-bond donors (Lipinski definition) is 1. The van der Waals surface area contributed by atoms with Crippen molar-refractivity contribution < 1.29 is 0 Å². The number of aromatic nitrogens is 1. The van der Waals surface area contributed by atoms with E-state index in [1.807, 2.05) is 48.5 Å². The van der Waals surface area contributed by atoms with Crippen molar-refractivity contribution in [1.29, 1.82) is 0 Å².